The Morgan fingerprint density at radius 3 is 2.31 bits per heavy atom. The van der Waals surface area contributed by atoms with Crippen molar-refractivity contribution in [2.45, 2.75) is 27.7 Å². The largest absolute Gasteiger partial charge is 0.399 e. The number of aryl methyl sites for hydroxylation is 2. The number of aromatic nitrogens is 2. The molecule has 0 radical (unpaired) electrons. The minimum absolute atomic E-state index is 0.791. The Morgan fingerprint density at radius 1 is 1.12 bits per heavy atom. The number of nitrogens with two attached hydrogens (primary N) is 1. The third-order valence-corrected chi connectivity index (χ3v) is 3.10. The highest BCUT2D eigenvalue weighted by Gasteiger charge is 2.10. The van der Waals surface area contributed by atoms with Gasteiger partial charge in [0.05, 0.1) is 11.4 Å². The Kier molecular flexibility index (Phi) is 2.46. The molecule has 2 rings (SSSR count). The fourth-order valence-corrected chi connectivity index (χ4v) is 1.87. The summed E-state index contributed by atoms with van der Waals surface area (Å²) in [6, 6.07) is 5.90. The monoisotopic (exact) mass is 215 g/mol. The second-order valence-electron chi connectivity index (χ2n) is 4.25. The highest BCUT2D eigenvalue weighted by Crippen LogP contribution is 2.21. The lowest BCUT2D eigenvalue weighted by molar-refractivity contribution is 0.827. The van der Waals surface area contributed by atoms with Crippen molar-refractivity contribution in [3.05, 3.63) is 40.7 Å². The highest BCUT2D eigenvalue weighted by atomic mass is 15.3. The van der Waals surface area contributed by atoms with Gasteiger partial charge in [0.25, 0.3) is 0 Å². The summed E-state index contributed by atoms with van der Waals surface area (Å²) in [5.74, 6) is 0. The molecule has 0 saturated heterocycles. The standard InChI is InChI=1S/C13H17N3/c1-8-7-12(14)5-6-13(8)16-11(4)9(2)10(3)15-16/h5-7H,14H2,1-4H3. The molecule has 3 nitrogen and oxygen atoms in total. The smallest absolute Gasteiger partial charge is 0.0679 e. The van der Waals surface area contributed by atoms with Crippen molar-refractivity contribution in [3.63, 3.8) is 0 Å². The predicted molar refractivity (Wildman–Crippen MR) is 66.9 cm³/mol. The zero-order valence-electron chi connectivity index (χ0n) is 10.2. The summed E-state index contributed by atoms with van der Waals surface area (Å²) in [5.41, 5.74) is 12.3. The van der Waals surface area contributed by atoms with E-state index in [1.165, 1.54) is 11.3 Å². The zero-order valence-corrected chi connectivity index (χ0v) is 10.2. The van der Waals surface area contributed by atoms with E-state index in [0.29, 0.717) is 0 Å². The molecule has 0 aliphatic rings. The van der Waals surface area contributed by atoms with Crippen LogP contribution in [0.25, 0.3) is 5.69 Å². The first-order valence-corrected chi connectivity index (χ1v) is 5.40. The van der Waals surface area contributed by atoms with E-state index in [4.69, 9.17) is 5.73 Å². The van der Waals surface area contributed by atoms with Gasteiger partial charge in [-0.25, -0.2) is 4.68 Å². The molecule has 0 aliphatic carbocycles. The molecule has 1 heterocycles. The van der Waals surface area contributed by atoms with Crippen molar-refractivity contribution >= 4 is 5.69 Å². The first-order valence-electron chi connectivity index (χ1n) is 5.40. The van der Waals surface area contributed by atoms with Crippen molar-refractivity contribution < 1.29 is 0 Å². The summed E-state index contributed by atoms with van der Waals surface area (Å²) in [4.78, 5) is 0. The molecule has 84 valence electrons. The number of hydrogen-bond acceptors (Lipinski definition) is 2. The average Bonchev–Trinajstić information content (AvgIpc) is 2.46. The summed E-state index contributed by atoms with van der Waals surface area (Å²) in [5, 5.41) is 4.55. The number of benzene rings is 1. The van der Waals surface area contributed by atoms with Crippen LogP contribution in [-0.2, 0) is 0 Å². The molecule has 0 atom stereocenters. The summed E-state index contributed by atoms with van der Waals surface area (Å²) in [6.45, 7) is 8.27. The molecule has 1 aromatic carbocycles. The van der Waals surface area contributed by atoms with Gasteiger partial charge in [0.15, 0.2) is 0 Å². The van der Waals surface area contributed by atoms with Crippen LogP contribution in [0.3, 0.4) is 0 Å². The maximum Gasteiger partial charge on any atom is 0.0679 e. The molecule has 1 aromatic heterocycles. The third kappa shape index (κ3) is 1.58. The van der Waals surface area contributed by atoms with Crippen LogP contribution in [-0.4, -0.2) is 9.78 Å². The van der Waals surface area contributed by atoms with E-state index < -0.39 is 0 Å². The van der Waals surface area contributed by atoms with E-state index in [0.717, 1.165) is 22.6 Å². The first-order chi connectivity index (χ1) is 7.50. The predicted octanol–water partition coefficient (Wildman–Crippen LogP) is 2.69. The van der Waals surface area contributed by atoms with Crippen molar-refractivity contribution in [1.29, 1.82) is 0 Å². The van der Waals surface area contributed by atoms with Gasteiger partial charge in [0, 0.05) is 11.4 Å². The molecule has 16 heavy (non-hydrogen) atoms. The van der Waals surface area contributed by atoms with Crippen LogP contribution in [0.15, 0.2) is 18.2 Å². The van der Waals surface area contributed by atoms with Crippen LogP contribution in [0.2, 0.25) is 0 Å². The third-order valence-electron chi connectivity index (χ3n) is 3.10. The minimum atomic E-state index is 0.791. The molecule has 0 saturated carbocycles. The van der Waals surface area contributed by atoms with Gasteiger partial charge in [-0.1, -0.05) is 0 Å². The van der Waals surface area contributed by atoms with Crippen LogP contribution < -0.4 is 5.73 Å². The highest BCUT2D eigenvalue weighted by molar-refractivity contribution is 5.51. The van der Waals surface area contributed by atoms with Gasteiger partial charge in [-0.15, -0.1) is 0 Å². The summed E-state index contributed by atoms with van der Waals surface area (Å²) in [7, 11) is 0. The van der Waals surface area contributed by atoms with Crippen molar-refractivity contribution in [2.75, 3.05) is 5.73 Å². The topological polar surface area (TPSA) is 43.8 Å². The Balaban J connectivity index is 2.63. The second-order valence-corrected chi connectivity index (χ2v) is 4.25. The molecular weight excluding hydrogens is 198 g/mol. The molecular formula is C13H17N3. The van der Waals surface area contributed by atoms with E-state index in [-0.39, 0.29) is 0 Å². The lowest BCUT2D eigenvalue weighted by atomic mass is 10.1. The van der Waals surface area contributed by atoms with Gasteiger partial charge < -0.3 is 5.73 Å². The number of anilines is 1. The molecule has 0 amide bonds. The first kappa shape index (κ1) is 10.7. The summed E-state index contributed by atoms with van der Waals surface area (Å²) in [6.07, 6.45) is 0. The molecule has 0 unspecified atom stereocenters. The van der Waals surface area contributed by atoms with Crippen LogP contribution in [0.5, 0.6) is 0 Å². The van der Waals surface area contributed by atoms with E-state index in [2.05, 4.69) is 25.9 Å². The lowest BCUT2D eigenvalue weighted by Gasteiger charge is -2.09. The number of nitrogens with zero attached hydrogens (tertiary/aromatic N) is 2. The quantitative estimate of drug-likeness (QED) is 0.743. The second kappa shape index (κ2) is 3.67. The van der Waals surface area contributed by atoms with Gasteiger partial charge in [-0.2, -0.15) is 5.10 Å². The average molecular weight is 215 g/mol. The van der Waals surface area contributed by atoms with Crippen LogP contribution in [0.4, 0.5) is 5.69 Å². The van der Waals surface area contributed by atoms with Gasteiger partial charge in [0.1, 0.15) is 0 Å². The lowest BCUT2D eigenvalue weighted by Crippen LogP contribution is -2.02. The maximum absolute atomic E-state index is 5.75. The van der Waals surface area contributed by atoms with Crippen molar-refractivity contribution in [1.82, 2.24) is 9.78 Å². The molecule has 2 aromatic rings. The minimum Gasteiger partial charge on any atom is -0.399 e. The van der Waals surface area contributed by atoms with Gasteiger partial charge >= 0.3 is 0 Å². The SMILES string of the molecule is Cc1cc(N)ccc1-n1nc(C)c(C)c1C. The van der Waals surface area contributed by atoms with E-state index >= 15 is 0 Å². The Hall–Kier alpha value is -1.77. The fourth-order valence-electron chi connectivity index (χ4n) is 1.87. The van der Waals surface area contributed by atoms with E-state index in [1.807, 2.05) is 29.8 Å². The van der Waals surface area contributed by atoms with Crippen molar-refractivity contribution in [3.8, 4) is 5.69 Å². The summed E-state index contributed by atoms with van der Waals surface area (Å²) < 4.78 is 1.99. The molecule has 2 N–H and O–H groups in total. The van der Waals surface area contributed by atoms with Crippen LogP contribution >= 0.6 is 0 Å². The fraction of sp³-hybridized carbons (Fsp3) is 0.308. The Bertz CT molecular complexity index is 538. The van der Waals surface area contributed by atoms with Gasteiger partial charge in [-0.05, 0) is 57.0 Å². The van der Waals surface area contributed by atoms with Gasteiger partial charge in [-0.3, -0.25) is 0 Å². The Labute approximate surface area is 95.9 Å². The normalized spacial score (nSPS) is 10.8. The number of nitrogen functional groups attached to an aromatic ring is 1. The summed E-state index contributed by atoms with van der Waals surface area (Å²) >= 11 is 0. The molecule has 3 heteroatoms. The van der Waals surface area contributed by atoms with Crippen molar-refractivity contribution in [2.24, 2.45) is 0 Å². The van der Waals surface area contributed by atoms with Crippen LogP contribution in [0.1, 0.15) is 22.5 Å². The van der Waals surface area contributed by atoms with Crippen LogP contribution in [0, 0.1) is 27.7 Å². The molecule has 0 fully saturated rings. The number of hydrogen-bond donors (Lipinski definition) is 1. The maximum atomic E-state index is 5.75. The number of rotatable bonds is 1. The molecule has 0 spiro atoms. The molecule has 0 aliphatic heterocycles. The zero-order chi connectivity index (χ0) is 11.9. The Morgan fingerprint density at radius 2 is 1.81 bits per heavy atom. The molecule has 0 bridgehead atoms. The van der Waals surface area contributed by atoms with E-state index in [9.17, 15) is 0 Å². The van der Waals surface area contributed by atoms with E-state index in [1.54, 1.807) is 0 Å². The van der Waals surface area contributed by atoms with Gasteiger partial charge in [0.2, 0.25) is 0 Å².